The average molecular weight is 191 g/mol. The molecule has 0 aromatic rings. The van der Waals surface area contributed by atoms with E-state index < -0.39 is 0 Å². The summed E-state index contributed by atoms with van der Waals surface area (Å²) in [6, 6.07) is 2.67. The minimum atomic E-state index is 0.109. The molecule has 2 rings (SSSR count). The highest BCUT2D eigenvalue weighted by Gasteiger charge is 2.50. The molecular weight excluding hydrogens is 170 g/mol. The summed E-state index contributed by atoms with van der Waals surface area (Å²) in [5.74, 6) is 1.66. The molecule has 2 fully saturated rings. The molecule has 2 bridgehead atoms. The zero-order chi connectivity index (χ0) is 10.0. The Bertz CT molecular complexity index is 240. The average Bonchev–Trinajstić information content (AvgIpc) is 2.78. The van der Waals surface area contributed by atoms with Gasteiger partial charge in [-0.15, -0.1) is 0 Å². The summed E-state index contributed by atoms with van der Waals surface area (Å²) >= 11 is 0. The molecule has 14 heavy (non-hydrogen) atoms. The Balaban J connectivity index is 1.95. The van der Waals surface area contributed by atoms with E-state index in [1.165, 1.54) is 51.4 Å². The van der Waals surface area contributed by atoms with Crippen LogP contribution in [0.3, 0.4) is 0 Å². The van der Waals surface area contributed by atoms with Gasteiger partial charge in [-0.05, 0) is 37.5 Å². The second kappa shape index (κ2) is 3.93. The van der Waals surface area contributed by atoms with Crippen LogP contribution >= 0.6 is 0 Å². The molecule has 2 aliphatic carbocycles. The Hall–Kier alpha value is -0.510. The molecule has 78 valence electrons. The van der Waals surface area contributed by atoms with Crippen molar-refractivity contribution < 1.29 is 0 Å². The fourth-order valence-electron chi connectivity index (χ4n) is 3.63. The smallest absolute Gasteiger partial charge is 0.0692 e. The van der Waals surface area contributed by atoms with Crippen molar-refractivity contribution in [3.63, 3.8) is 0 Å². The van der Waals surface area contributed by atoms with Crippen molar-refractivity contribution >= 4 is 0 Å². The number of hydrogen-bond acceptors (Lipinski definition) is 1. The van der Waals surface area contributed by atoms with E-state index in [1.54, 1.807) is 0 Å². The molecule has 3 atom stereocenters. The van der Waals surface area contributed by atoms with Crippen LogP contribution < -0.4 is 0 Å². The van der Waals surface area contributed by atoms with Crippen LogP contribution in [0.15, 0.2) is 0 Å². The highest BCUT2D eigenvalue weighted by atomic mass is 14.5. The molecule has 0 spiro atoms. The number of fused-ring (bicyclic) bond motifs is 2. The molecule has 2 aliphatic rings. The lowest BCUT2D eigenvalue weighted by molar-refractivity contribution is 0.217. The van der Waals surface area contributed by atoms with Gasteiger partial charge in [0.15, 0.2) is 0 Å². The Morgan fingerprint density at radius 2 is 2.21 bits per heavy atom. The van der Waals surface area contributed by atoms with Gasteiger partial charge in [0.1, 0.15) is 0 Å². The fourth-order valence-corrected chi connectivity index (χ4v) is 3.63. The highest BCUT2D eigenvalue weighted by molar-refractivity contribution is 5.11. The third kappa shape index (κ3) is 1.56. The first-order chi connectivity index (χ1) is 6.80. The summed E-state index contributed by atoms with van der Waals surface area (Å²) in [5.41, 5.74) is 0.109. The van der Waals surface area contributed by atoms with E-state index in [4.69, 9.17) is 0 Å². The second-order valence-electron chi connectivity index (χ2n) is 5.31. The minimum Gasteiger partial charge on any atom is -0.198 e. The molecule has 2 saturated carbocycles. The Kier molecular flexibility index (Phi) is 2.81. The Morgan fingerprint density at radius 1 is 1.36 bits per heavy atom. The maximum atomic E-state index is 9.39. The molecular formula is C13H21N. The van der Waals surface area contributed by atoms with Crippen LogP contribution in [0.25, 0.3) is 0 Å². The van der Waals surface area contributed by atoms with Crippen LogP contribution in [-0.2, 0) is 0 Å². The summed E-state index contributed by atoms with van der Waals surface area (Å²) in [6.45, 7) is 2.24. The lowest BCUT2D eigenvalue weighted by atomic mass is 9.71. The first-order valence-electron chi connectivity index (χ1n) is 6.22. The van der Waals surface area contributed by atoms with E-state index in [-0.39, 0.29) is 5.41 Å². The normalized spacial score (nSPS) is 40.0. The Morgan fingerprint density at radius 3 is 2.71 bits per heavy atom. The molecule has 0 N–H and O–H groups in total. The molecule has 0 amide bonds. The maximum Gasteiger partial charge on any atom is 0.0692 e. The summed E-state index contributed by atoms with van der Waals surface area (Å²) < 4.78 is 0. The number of unbranched alkanes of at least 4 members (excludes halogenated alkanes) is 2. The van der Waals surface area contributed by atoms with Gasteiger partial charge in [-0.2, -0.15) is 5.26 Å². The van der Waals surface area contributed by atoms with Crippen molar-refractivity contribution in [2.45, 2.75) is 58.3 Å². The van der Waals surface area contributed by atoms with Crippen molar-refractivity contribution in [2.24, 2.45) is 17.3 Å². The SMILES string of the molecule is CCCCCC1(C#N)CC2CCC1C2. The van der Waals surface area contributed by atoms with E-state index in [1.807, 2.05) is 0 Å². The maximum absolute atomic E-state index is 9.39. The van der Waals surface area contributed by atoms with Gasteiger partial charge in [0, 0.05) is 0 Å². The van der Waals surface area contributed by atoms with Crippen molar-refractivity contribution in [3.8, 4) is 6.07 Å². The van der Waals surface area contributed by atoms with Crippen molar-refractivity contribution in [1.29, 1.82) is 5.26 Å². The highest BCUT2D eigenvalue weighted by Crippen LogP contribution is 2.57. The third-order valence-corrected chi connectivity index (χ3v) is 4.42. The van der Waals surface area contributed by atoms with Gasteiger partial charge in [-0.3, -0.25) is 0 Å². The van der Waals surface area contributed by atoms with Crippen LogP contribution in [0.1, 0.15) is 58.3 Å². The minimum absolute atomic E-state index is 0.109. The topological polar surface area (TPSA) is 23.8 Å². The van der Waals surface area contributed by atoms with E-state index >= 15 is 0 Å². The monoisotopic (exact) mass is 191 g/mol. The summed E-state index contributed by atoms with van der Waals surface area (Å²) in [5, 5.41) is 9.39. The van der Waals surface area contributed by atoms with Crippen LogP contribution in [0.5, 0.6) is 0 Å². The fraction of sp³-hybridized carbons (Fsp3) is 0.923. The van der Waals surface area contributed by atoms with Gasteiger partial charge in [0.25, 0.3) is 0 Å². The molecule has 0 aromatic heterocycles. The quantitative estimate of drug-likeness (QED) is 0.618. The number of nitrogens with zero attached hydrogens (tertiary/aromatic N) is 1. The molecule has 1 nitrogen and oxygen atoms in total. The van der Waals surface area contributed by atoms with Crippen molar-refractivity contribution in [2.75, 3.05) is 0 Å². The summed E-state index contributed by atoms with van der Waals surface area (Å²) in [7, 11) is 0. The second-order valence-corrected chi connectivity index (χ2v) is 5.31. The van der Waals surface area contributed by atoms with Crippen molar-refractivity contribution in [3.05, 3.63) is 0 Å². The third-order valence-electron chi connectivity index (χ3n) is 4.42. The zero-order valence-electron chi connectivity index (χ0n) is 9.26. The first kappa shape index (κ1) is 10.0. The number of rotatable bonds is 4. The largest absolute Gasteiger partial charge is 0.198 e. The zero-order valence-corrected chi connectivity index (χ0v) is 9.26. The molecule has 3 unspecified atom stereocenters. The molecule has 0 aliphatic heterocycles. The van der Waals surface area contributed by atoms with E-state index in [9.17, 15) is 5.26 Å². The van der Waals surface area contributed by atoms with Crippen LogP contribution in [0.2, 0.25) is 0 Å². The molecule has 0 saturated heterocycles. The number of hydrogen-bond donors (Lipinski definition) is 0. The van der Waals surface area contributed by atoms with Crippen LogP contribution in [-0.4, -0.2) is 0 Å². The van der Waals surface area contributed by atoms with Gasteiger partial charge < -0.3 is 0 Å². The van der Waals surface area contributed by atoms with Gasteiger partial charge in [-0.25, -0.2) is 0 Å². The van der Waals surface area contributed by atoms with Gasteiger partial charge in [0.05, 0.1) is 11.5 Å². The van der Waals surface area contributed by atoms with Crippen molar-refractivity contribution in [1.82, 2.24) is 0 Å². The van der Waals surface area contributed by atoms with Gasteiger partial charge in [0.2, 0.25) is 0 Å². The van der Waals surface area contributed by atoms with Crippen LogP contribution in [0.4, 0.5) is 0 Å². The lowest BCUT2D eigenvalue weighted by Crippen LogP contribution is -2.25. The summed E-state index contributed by atoms with van der Waals surface area (Å²) in [6.07, 6.45) is 10.4. The van der Waals surface area contributed by atoms with Gasteiger partial charge >= 0.3 is 0 Å². The standard InChI is InChI=1S/C13H21N/c1-2-3-4-7-13(10-14)9-11-5-6-12(13)8-11/h11-12H,2-9H2,1H3. The molecule has 0 aromatic carbocycles. The first-order valence-corrected chi connectivity index (χ1v) is 6.22. The predicted molar refractivity (Wildman–Crippen MR) is 57.6 cm³/mol. The van der Waals surface area contributed by atoms with Crippen LogP contribution in [0, 0.1) is 28.6 Å². The predicted octanol–water partition coefficient (Wildman–Crippen LogP) is 3.90. The molecule has 0 radical (unpaired) electrons. The molecule has 1 heteroatoms. The summed E-state index contributed by atoms with van der Waals surface area (Å²) in [4.78, 5) is 0. The number of nitriles is 1. The van der Waals surface area contributed by atoms with E-state index in [0.29, 0.717) is 0 Å². The van der Waals surface area contributed by atoms with Gasteiger partial charge in [-0.1, -0.05) is 32.6 Å². The lowest BCUT2D eigenvalue weighted by Gasteiger charge is -2.30. The van der Waals surface area contributed by atoms with E-state index in [2.05, 4.69) is 13.0 Å². The Labute approximate surface area is 87.5 Å². The molecule has 0 heterocycles. The van der Waals surface area contributed by atoms with E-state index in [0.717, 1.165) is 11.8 Å².